The number of carbonyl (C=O) groups excluding carboxylic acids is 2. The first-order valence-electron chi connectivity index (χ1n) is 6.91. The van der Waals surface area contributed by atoms with Crippen molar-refractivity contribution in [2.45, 2.75) is 13.0 Å². The van der Waals surface area contributed by atoms with Crippen molar-refractivity contribution < 1.29 is 14.3 Å². The Morgan fingerprint density at radius 1 is 0.955 bits per heavy atom. The first-order chi connectivity index (χ1) is 10.6. The largest absolute Gasteiger partial charge is 0.497 e. The minimum Gasteiger partial charge on any atom is -0.497 e. The second-order valence-electron chi connectivity index (χ2n) is 4.79. The van der Waals surface area contributed by atoms with Crippen LogP contribution in [0.3, 0.4) is 0 Å². The van der Waals surface area contributed by atoms with Crippen LogP contribution in [0.5, 0.6) is 5.75 Å². The van der Waals surface area contributed by atoms with Gasteiger partial charge in [-0.15, -0.1) is 0 Å². The van der Waals surface area contributed by atoms with Crippen molar-refractivity contribution >= 4 is 17.5 Å². The van der Waals surface area contributed by atoms with E-state index in [-0.39, 0.29) is 6.04 Å². The number of anilines is 1. The van der Waals surface area contributed by atoms with E-state index in [0.29, 0.717) is 11.4 Å². The minimum atomic E-state index is -0.701. The fourth-order valence-electron chi connectivity index (χ4n) is 1.95. The molecule has 1 atom stereocenters. The van der Waals surface area contributed by atoms with Crippen LogP contribution in [-0.4, -0.2) is 18.9 Å². The Hall–Kier alpha value is -2.82. The van der Waals surface area contributed by atoms with Crippen LogP contribution in [0.1, 0.15) is 18.5 Å². The highest BCUT2D eigenvalue weighted by Gasteiger charge is 2.17. The van der Waals surface area contributed by atoms with E-state index in [0.717, 1.165) is 5.56 Å². The molecule has 0 aliphatic rings. The lowest BCUT2D eigenvalue weighted by Crippen LogP contribution is -2.36. The van der Waals surface area contributed by atoms with Gasteiger partial charge in [0.25, 0.3) is 0 Å². The van der Waals surface area contributed by atoms with Crippen LogP contribution < -0.4 is 15.4 Å². The van der Waals surface area contributed by atoms with Gasteiger partial charge in [-0.25, -0.2) is 0 Å². The van der Waals surface area contributed by atoms with Gasteiger partial charge in [-0.3, -0.25) is 9.59 Å². The molecule has 0 fully saturated rings. The summed E-state index contributed by atoms with van der Waals surface area (Å²) in [6.45, 7) is 1.83. The average Bonchev–Trinajstić information content (AvgIpc) is 2.56. The Kier molecular flexibility index (Phi) is 5.14. The van der Waals surface area contributed by atoms with Gasteiger partial charge >= 0.3 is 11.8 Å². The Labute approximate surface area is 129 Å². The highest BCUT2D eigenvalue weighted by molar-refractivity contribution is 6.39. The van der Waals surface area contributed by atoms with Crippen molar-refractivity contribution in [1.82, 2.24) is 5.32 Å². The van der Waals surface area contributed by atoms with Crippen LogP contribution in [0.15, 0.2) is 54.6 Å². The molecule has 2 N–H and O–H groups in total. The molecule has 0 spiro atoms. The van der Waals surface area contributed by atoms with Crippen molar-refractivity contribution in [2.24, 2.45) is 0 Å². The van der Waals surface area contributed by atoms with Gasteiger partial charge in [-0.1, -0.05) is 30.3 Å². The van der Waals surface area contributed by atoms with E-state index in [1.54, 1.807) is 31.4 Å². The molecular formula is C17H18N2O3. The van der Waals surface area contributed by atoms with Gasteiger partial charge < -0.3 is 15.4 Å². The molecular weight excluding hydrogens is 280 g/mol. The third-order valence-corrected chi connectivity index (χ3v) is 3.20. The molecule has 2 aromatic carbocycles. The second-order valence-corrected chi connectivity index (χ2v) is 4.79. The van der Waals surface area contributed by atoms with Crippen LogP contribution in [0.4, 0.5) is 5.69 Å². The van der Waals surface area contributed by atoms with Crippen LogP contribution >= 0.6 is 0 Å². The lowest BCUT2D eigenvalue weighted by atomic mass is 10.1. The molecule has 0 bridgehead atoms. The minimum absolute atomic E-state index is 0.240. The summed E-state index contributed by atoms with van der Waals surface area (Å²) < 4.78 is 5.03. The molecule has 0 aliphatic carbocycles. The summed E-state index contributed by atoms with van der Waals surface area (Å²) in [4.78, 5) is 23.8. The van der Waals surface area contributed by atoms with Gasteiger partial charge in [0.2, 0.25) is 0 Å². The summed E-state index contributed by atoms with van der Waals surface area (Å²) in [6, 6.07) is 16.0. The summed E-state index contributed by atoms with van der Waals surface area (Å²) in [7, 11) is 1.56. The van der Waals surface area contributed by atoms with Gasteiger partial charge in [0.15, 0.2) is 0 Å². The number of ether oxygens (including phenoxy) is 1. The van der Waals surface area contributed by atoms with Crippen molar-refractivity contribution in [2.75, 3.05) is 12.4 Å². The maximum Gasteiger partial charge on any atom is 0.313 e. The molecule has 5 heteroatoms. The summed E-state index contributed by atoms with van der Waals surface area (Å²) in [5, 5.41) is 5.21. The number of methoxy groups -OCH3 is 1. The number of rotatable bonds is 4. The number of amides is 2. The highest BCUT2D eigenvalue weighted by atomic mass is 16.5. The summed E-state index contributed by atoms with van der Waals surface area (Å²) in [6.07, 6.45) is 0. The molecule has 0 heterocycles. The molecule has 2 aromatic rings. The van der Waals surface area contributed by atoms with Crippen LogP contribution in [-0.2, 0) is 9.59 Å². The SMILES string of the molecule is COc1ccc(NC(=O)C(=O)N[C@H](C)c2ccccc2)cc1. The van der Waals surface area contributed by atoms with Crippen LogP contribution in [0.25, 0.3) is 0 Å². The van der Waals surface area contributed by atoms with Gasteiger partial charge in [0.05, 0.1) is 13.2 Å². The predicted molar refractivity (Wildman–Crippen MR) is 84.6 cm³/mol. The number of nitrogens with one attached hydrogen (secondary N) is 2. The van der Waals surface area contributed by atoms with Crippen molar-refractivity contribution in [3.63, 3.8) is 0 Å². The Morgan fingerprint density at radius 2 is 1.59 bits per heavy atom. The summed E-state index contributed by atoms with van der Waals surface area (Å²) in [5.41, 5.74) is 1.47. The fraction of sp³-hybridized carbons (Fsp3) is 0.176. The van der Waals surface area contributed by atoms with Crippen molar-refractivity contribution in [1.29, 1.82) is 0 Å². The monoisotopic (exact) mass is 298 g/mol. The number of hydrogen-bond donors (Lipinski definition) is 2. The normalized spacial score (nSPS) is 11.4. The smallest absolute Gasteiger partial charge is 0.313 e. The van der Waals surface area contributed by atoms with Crippen molar-refractivity contribution in [3.8, 4) is 5.75 Å². The zero-order chi connectivity index (χ0) is 15.9. The second kappa shape index (κ2) is 7.26. The van der Waals surface area contributed by atoms with Gasteiger partial charge in [0, 0.05) is 5.69 Å². The van der Waals surface area contributed by atoms with Gasteiger partial charge in [-0.2, -0.15) is 0 Å². The topological polar surface area (TPSA) is 67.4 Å². The molecule has 0 saturated carbocycles. The maximum absolute atomic E-state index is 11.9. The van der Waals surface area contributed by atoms with Crippen LogP contribution in [0, 0.1) is 0 Å². The first kappa shape index (κ1) is 15.6. The predicted octanol–water partition coefficient (Wildman–Crippen LogP) is 2.51. The third-order valence-electron chi connectivity index (χ3n) is 3.20. The van der Waals surface area contributed by atoms with Gasteiger partial charge in [0.1, 0.15) is 5.75 Å². The fourth-order valence-corrected chi connectivity index (χ4v) is 1.95. The first-order valence-corrected chi connectivity index (χ1v) is 6.91. The van der Waals surface area contributed by atoms with E-state index in [2.05, 4.69) is 10.6 Å². The Morgan fingerprint density at radius 3 is 2.18 bits per heavy atom. The summed E-state index contributed by atoms with van der Waals surface area (Å²) >= 11 is 0. The quantitative estimate of drug-likeness (QED) is 0.852. The number of carbonyl (C=O) groups is 2. The Balaban J connectivity index is 1.93. The lowest BCUT2D eigenvalue weighted by molar-refractivity contribution is -0.136. The van der Waals surface area contributed by atoms with E-state index in [1.165, 1.54) is 0 Å². The van der Waals surface area contributed by atoms with E-state index < -0.39 is 11.8 Å². The van der Waals surface area contributed by atoms with Gasteiger partial charge in [-0.05, 0) is 36.8 Å². The average molecular weight is 298 g/mol. The standard InChI is InChI=1S/C17H18N2O3/c1-12(13-6-4-3-5-7-13)18-16(20)17(21)19-14-8-10-15(22-2)11-9-14/h3-12H,1-2H3,(H,18,20)(H,19,21)/t12-/m1/s1. The maximum atomic E-state index is 11.9. The molecule has 0 unspecified atom stereocenters. The van der Waals surface area contributed by atoms with Crippen molar-refractivity contribution in [3.05, 3.63) is 60.2 Å². The molecule has 0 radical (unpaired) electrons. The Bertz CT molecular complexity index is 639. The van der Waals surface area contributed by atoms with E-state index in [4.69, 9.17) is 4.74 Å². The zero-order valence-corrected chi connectivity index (χ0v) is 12.5. The molecule has 2 rings (SSSR count). The molecule has 2 amide bonds. The highest BCUT2D eigenvalue weighted by Crippen LogP contribution is 2.15. The third kappa shape index (κ3) is 4.09. The zero-order valence-electron chi connectivity index (χ0n) is 12.5. The molecule has 5 nitrogen and oxygen atoms in total. The van der Waals surface area contributed by atoms with E-state index in [1.807, 2.05) is 37.3 Å². The number of hydrogen-bond acceptors (Lipinski definition) is 3. The van der Waals surface area contributed by atoms with E-state index >= 15 is 0 Å². The van der Waals surface area contributed by atoms with E-state index in [9.17, 15) is 9.59 Å². The lowest BCUT2D eigenvalue weighted by Gasteiger charge is -2.14. The summed E-state index contributed by atoms with van der Waals surface area (Å²) in [5.74, 6) is -0.694. The van der Waals surface area contributed by atoms with Crippen LogP contribution in [0.2, 0.25) is 0 Å². The molecule has 114 valence electrons. The number of benzene rings is 2. The molecule has 22 heavy (non-hydrogen) atoms. The molecule has 0 saturated heterocycles. The molecule has 0 aliphatic heterocycles. The molecule has 0 aromatic heterocycles.